The molecule has 2 heterocycles. The van der Waals surface area contributed by atoms with Crippen molar-refractivity contribution in [2.75, 3.05) is 23.9 Å². The van der Waals surface area contributed by atoms with Gasteiger partial charge in [0.15, 0.2) is 0 Å². The average molecular weight is 285 g/mol. The quantitative estimate of drug-likeness (QED) is 0.783. The molecule has 4 heteroatoms. The highest BCUT2D eigenvalue weighted by Gasteiger charge is 2.40. The van der Waals surface area contributed by atoms with Crippen LogP contribution in [0.3, 0.4) is 0 Å². The van der Waals surface area contributed by atoms with Crippen molar-refractivity contribution in [1.29, 1.82) is 0 Å². The lowest BCUT2D eigenvalue weighted by atomic mass is 10.1. The van der Waals surface area contributed by atoms with Gasteiger partial charge in [0.25, 0.3) is 5.91 Å². The van der Waals surface area contributed by atoms with E-state index in [9.17, 15) is 4.79 Å². The summed E-state index contributed by atoms with van der Waals surface area (Å²) in [7, 11) is 3.97. The number of aromatic nitrogens is 1. The van der Waals surface area contributed by atoms with Gasteiger partial charge < -0.3 is 9.80 Å². The van der Waals surface area contributed by atoms with E-state index >= 15 is 0 Å². The summed E-state index contributed by atoms with van der Waals surface area (Å²) >= 11 is 0. The molecule has 1 aliphatic carbocycles. The summed E-state index contributed by atoms with van der Waals surface area (Å²) in [5, 5.41) is 0. The first kappa shape index (κ1) is 14.1. The number of nitrogens with zero attached hydrogens (tertiary/aromatic N) is 3. The van der Waals surface area contributed by atoms with E-state index in [1.54, 1.807) is 0 Å². The Bertz CT molecular complexity index is 613. The molecule has 2 aliphatic rings. The third-order valence-electron chi connectivity index (χ3n) is 4.49. The smallest absolute Gasteiger partial charge is 0.259 e. The minimum atomic E-state index is 0.148. The molecule has 112 valence electrons. The monoisotopic (exact) mass is 285 g/mol. The van der Waals surface area contributed by atoms with Crippen molar-refractivity contribution < 1.29 is 4.79 Å². The Morgan fingerprint density at radius 1 is 1.33 bits per heavy atom. The number of fused-ring (bicyclic) bond motifs is 1. The van der Waals surface area contributed by atoms with Gasteiger partial charge in [-0.1, -0.05) is 18.9 Å². The molecule has 0 bridgehead atoms. The van der Waals surface area contributed by atoms with E-state index in [4.69, 9.17) is 0 Å². The second kappa shape index (κ2) is 5.17. The van der Waals surface area contributed by atoms with Crippen molar-refractivity contribution in [3.63, 3.8) is 0 Å². The van der Waals surface area contributed by atoms with E-state index in [0.29, 0.717) is 6.04 Å². The number of anilines is 2. The number of amides is 1. The molecular weight excluding hydrogens is 262 g/mol. The van der Waals surface area contributed by atoms with Gasteiger partial charge in [0, 0.05) is 31.4 Å². The van der Waals surface area contributed by atoms with Crippen molar-refractivity contribution in [2.45, 2.75) is 45.6 Å². The largest absolute Gasteiger partial charge is 0.362 e. The van der Waals surface area contributed by atoms with Crippen molar-refractivity contribution in [3.05, 3.63) is 23.4 Å². The van der Waals surface area contributed by atoms with Crippen LogP contribution in [0, 0.1) is 6.92 Å². The third-order valence-corrected chi connectivity index (χ3v) is 4.49. The van der Waals surface area contributed by atoms with Crippen LogP contribution in [-0.4, -0.2) is 31.0 Å². The van der Waals surface area contributed by atoms with Gasteiger partial charge in [-0.3, -0.25) is 4.79 Å². The molecule has 21 heavy (non-hydrogen) atoms. The zero-order chi connectivity index (χ0) is 15.1. The van der Waals surface area contributed by atoms with E-state index in [2.05, 4.69) is 11.1 Å². The maximum Gasteiger partial charge on any atom is 0.259 e. The van der Waals surface area contributed by atoms with Gasteiger partial charge in [-0.2, -0.15) is 0 Å². The SMILES string of the molecule is C/C=C1\C(=O)N(C2CCCC2)c2cc(C)nc(N(C)C)c21. The fourth-order valence-corrected chi connectivity index (χ4v) is 3.55. The summed E-state index contributed by atoms with van der Waals surface area (Å²) in [4.78, 5) is 21.6. The molecule has 4 nitrogen and oxygen atoms in total. The van der Waals surface area contributed by atoms with Crippen LogP contribution in [0.5, 0.6) is 0 Å². The highest BCUT2D eigenvalue weighted by molar-refractivity contribution is 6.34. The zero-order valence-electron chi connectivity index (χ0n) is 13.3. The van der Waals surface area contributed by atoms with E-state index in [-0.39, 0.29) is 5.91 Å². The Labute approximate surface area is 126 Å². The summed E-state index contributed by atoms with van der Waals surface area (Å²) in [6, 6.07) is 2.42. The van der Waals surface area contributed by atoms with Crippen LogP contribution in [0.2, 0.25) is 0 Å². The number of hydrogen-bond donors (Lipinski definition) is 0. The number of carbonyl (C=O) groups is 1. The molecule has 1 aromatic rings. The van der Waals surface area contributed by atoms with Crippen molar-refractivity contribution in [3.8, 4) is 0 Å². The second-order valence-corrected chi connectivity index (χ2v) is 6.19. The number of aryl methyl sites for hydroxylation is 1. The highest BCUT2D eigenvalue weighted by Crippen LogP contribution is 2.45. The zero-order valence-corrected chi connectivity index (χ0v) is 13.3. The molecule has 1 aliphatic heterocycles. The predicted molar refractivity (Wildman–Crippen MR) is 86.7 cm³/mol. The molecule has 0 saturated heterocycles. The van der Waals surface area contributed by atoms with E-state index in [1.165, 1.54) is 12.8 Å². The van der Waals surface area contributed by atoms with E-state index in [0.717, 1.165) is 41.2 Å². The second-order valence-electron chi connectivity index (χ2n) is 6.19. The summed E-state index contributed by atoms with van der Waals surface area (Å²) in [5.41, 5.74) is 3.82. The minimum absolute atomic E-state index is 0.148. The topological polar surface area (TPSA) is 36.4 Å². The molecule has 3 rings (SSSR count). The van der Waals surface area contributed by atoms with Crippen LogP contribution < -0.4 is 9.80 Å². The van der Waals surface area contributed by atoms with Crippen molar-refractivity contribution in [1.82, 2.24) is 4.98 Å². The lowest BCUT2D eigenvalue weighted by Crippen LogP contribution is -2.35. The van der Waals surface area contributed by atoms with Crippen LogP contribution in [-0.2, 0) is 4.79 Å². The summed E-state index contributed by atoms with van der Waals surface area (Å²) < 4.78 is 0. The first-order valence-electron chi connectivity index (χ1n) is 7.73. The summed E-state index contributed by atoms with van der Waals surface area (Å²) in [5.74, 6) is 1.04. The minimum Gasteiger partial charge on any atom is -0.362 e. The van der Waals surface area contributed by atoms with Crippen LogP contribution in [0.15, 0.2) is 12.1 Å². The van der Waals surface area contributed by atoms with Crippen molar-refractivity contribution >= 4 is 23.0 Å². The molecule has 0 N–H and O–H groups in total. The Morgan fingerprint density at radius 3 is 2.57 bits per heavy atom. The van der Waals surface area contributed by atoms with Gasteiger partial charge in [0.1, 0.15) is 5.82 Å². The highest BCUT2D eigenvalue weighted by atomic mass is 16.2. The average Bonchev–Trinajstić information content (AvgIpc) is 3.02. The molecule has 1 saturated carbocycles. The van der Waals surface area contributed by atoms with Crippen LogP contribution in [0.4, 0.5) is 11.5 Å². The predicted octanol–water partition coefficient (Wildman–Crippen LogP) is 3.15. The van der Waals surface area contributed by atoms with Gasteiger partial charge in [-0.25, -0.2) is 4.98 Å². The molecule has 0 spiro atoms. The fourth-order valence-electron chi connectivity index (χ4n) is 3.55. The maximum atomic E-state index is 12.9. The van der Waals surface area contributed by atoms with Crippen LogP contribution >= 0.6 is 0 Å². The fraction of sp³-hybridized carbons (Fsp3) is 0.529. The molecule has 1 amide bonds. The first-order valence-corrected chi connectivity index (χ1v) is 7.73. The lowest BCUT2D eigenvalue weighted by Gasteiger charge is -2.25. The van der Waals surface area contributed by atoms with Gasteiger partial charge in [-0.15, -0.1) is 0 Å². The number of allylic oxidation sites excluding steroid dienone is 1. The first-order chi connectivity index (χ1) is 10.0. The molecule has 0 aromatic carbocycles. The Balaban J connectivity index is 2.20. The van der Waals surface area contributed by atoms with Gasteiger partial charge in [0.2, 0.25) is 0 Å². The van der Waals surface area contributed by atoms with Gasteiger partial charge >= 0.3 is 0 Å². The number of carbonyl (C=O) groups excluding carboxylic acids is 1. The Kier molecular flexibility index (Phi) is 3.47. The molecule has 1 fully saturated rings. The molecule has 1 aromatic heterocycles. The van der Waals surface area contributed by atoms with Gasteiger partial charge in [0.05, 0.1) is 11.3 Å². The number of rotatable bonds is 2. The molecule has 0 radical (unpaired) electrons. The lowest BCUT2D eigenvalue weighted by molar-refractivity contribution is -0.113. The molecule has 0 unspecified atom stereocenters. The Hall–Kier alpha value is -1.84. The Morgan fingerprint density at radius 2 is 2.00 bits per heavy atom. The van der Waals surface area contributed by atoms with Crippen molar-refractivity contribution in [2.24, 2.45) is 0 Å². The number of hydrogen-bond acceptors (Lipinski definition) is 3. The van der Waals surface area contributed by atoms with Crippen LogP contribution in [0.1, 0.15) is 43.9 Å². The molecular formula is C17H23N3O. The number of pyridine rings is 1. The summed E-state index contributed by atoms with van der Waals surface area (Å²) in [6.45, 7) is 3.94. The molecule has 0 atom stereocenters. The summed E-state index contributed by atoms with van der Waals surface area (Å²) in [6.07, 6.45) is 6.60. The van der Waals surface area contributed by atoms with E-state index in [1.807, 2.05) is 43.8 Å². The normalized spacial score (nSPS) is 20.5. The maximum absolute atomic E-state index is 12.9. The standard InChI is InChI=1S/C17H23N3O/c1-5-13-15-14(10-11(2)18-16(15)19(3)4)20(17(13)21)12-8-6-7-9-12/h5,10,12H,6-9H2,1-4H3/b13-5-. The van der Waals surface area contributed by atoms with Gasteiger partial charge in [-0.05, 0) is 32.8 Å². The van der Waals surface area contributed by atoms with E-state index < -0.39 is 0 Å². The van der Waals surface area contributed by atoms with Crippen LogP contribution in [0.25, 0.3) is 5.57 Å². The third kappa shape index (κ3) is 2.13.